The molecule has 166 valence electrons. The minimum absolute atomic E-state index is 0.151. The van der Waals surface area contributed by atoms with E-state index in [1.54, 1.807) is 24.3 Å². The monoisotopic (exact) mass is 451 g/mol. The minimum Gasteiger partial charge on any atom is -0.496 e. The quantitative estimate of drug-likeness (QED) is 0.476. The summed E-state index contributed by atoms with van der Waals surface area (Å²) in [5.41, 5.74) is 5.55. The molecule has 4 rings (SSSR count). The van der Waals surface area contributed by atoms with Gasteiger partial charge in [-0.3, -0.25) is 0 Å². The number of nitrogens with one attached hydrogen (secondary N) is 1. The van der Waals surface area contributed by atoms with Crippen molar-refractivity contribution in [2.75, 3.05) is 13.7 Å². The number of hydrogen-bond donors (Lipinski definition) is 3. The highest BCUT2D eigenvalue weighted by molar-refractivity contribution is 6.30. The molecule has 32 heavy (non-hydrogen) atoms. The van der Waals surface area contributed by atoms with Crippen LogP contribution in [0.15, 0.2) is 60.7 Å². The first-order valence-corrected chi connectivity index (χ1v) is 11.0. The second kappa shape index (κ2) is 9.74. The Morgan fingerprint density at radius 1 is 1.09 bits per heavy atom. The summed E-state index contributed by atoms with van der Waals surface area (Å²) < 4.78 is 5.27. The van der Waals surface area contributed by atoms with Crippen LogP contribution in [0.2, 0.25) is 5.02 Å². The smallest absolute Gasteiger partial charge is 0.339 e. The lowest BCUT2D eigenvalue weighted by Gasteiger charge is -2.27. The first-order chi connectivity index (χ1) is 15.4. The van der Waals surface area contributed by atoms with Gasteiger partial charge in [-0.2, -0.15) is 0 Å². The number of ether oxygens (including phenoxy) is 1. The Morgan fingerprint density at radius 2 is 1.81 bits per heavy atom. The normalized spacial score (nSPS) is 16.3. The van der Waals surface area contributed by atoms with Crippen molar-refractivity contribution in [3.8, 4) is 16.9 Å². The number of benzene rings is 3. The number of halogens is 1. The van der Waals surface area contributed by atoms with Gasteiger partial charge in [-0.1, -0.05) is 48.0 Å². The molecule has 0 fully saturated rings. The summed E-state index contributed by atoms with van der Waals surface area (Å²) in [5, 5.41) is 24.0. The Kier molecular flexibility index (Phi) is 6.80. The van der Waals surface area contributed by atoms with Gasteiger partial charge in [0.2, 0.25) is 0 Å². The van der Waals surface area contributed by atoms with Gasteiger partial charge in [0.15, 0.2) is 0 Å². The Bertz CT molecular complexity index is 1110. The van der Waals surface area contributed by atoms with E-state index >= 15 is 0 Å². The summed E-state index contributed by atoms with van der Waals surface area (Å²) >= 11 is 5.93. The molecule has 0 saturated heterocycles. The van der Waals surface area contributed by atoms with Crippen molar-refractivity contribution < 1.29 is 19.7 Å². The fraction of sp³-hybridized carbons (Fsp3) is 0.269. The third-order valence-electron chi connectivity index (χ3n) is 6.05. The maximum atomic E-state index is 11.4. The van der Waals surface area contributed by atoms with Gasteiger partial charge in [-0.05, 0) is 71.3 Å². The minimum atomic E-state index is -1.01. The van der Waals surface area contributed by atoms with Crippen LogP contribution in [0.1, 0.15) is 39.6 Å². The van der Waals surface area contributed by atoms with Crippen LogP contribution in [-0.2, 0) is 12.8 Å². The number of aryl methyl sites for hydroxylation is 1. The Balaban J connectivity index is 1.46. The number of aliphatic hydroxyl groups is 1. The van der Waals surface area contributed by atoms with Gasteiger partial charge in [-0.15, -0.1) is 0 Å². The highest BCUT2D eigenvalue weighted by Gasteiger charge is 2.20. The van der Waals surface area contributed by atoms with Crippen molar-refractivity contribution in [1.82, 2.24) is 5.32 Å². The molecule has 2 atom stereocenters. The van der Waals surface area contributed by atoms with Crippen LogP contribution in [0.25, 0.3) is 11.1 Å². The van der Waals surface area contributed by atoms with Crippen molar-refractivity contribution in [3.63, 3.8) is 0 Å². The zero-order chi connectivity index (χ0) is 22.7. The number of fused-ring (bicyclic) bond motifs is 1. The molecule has 0 aliphatic heterocycles. The maximum absolute atomic E-state index is 11.4. The van der Waals surface area contributed by atoms with Gasteiger partial charge in [0.05, 0.1) is 13.2 Å². The summed E-state index contributed by atoms with van der Waals surface area (Å²) in [7, 11) is 1.48. The van der Waals surface area contributed by atoms with E-state index in [-0.39, 0.29) is 11.6 Å². The van der Waals surface area contributed by atoms with Crippen LogP contribution in [-0.4, -0.2) is 35.9 Å². The fourth-order valence-electron chi connectivity index (χ4n) is 4.24. The molecule has 6 heteroatoms. The molecule has 0 saturated carbocycles. The summed E-state index contributed by atoms with van der Waals surface area (Å²) in [6.45, 7) is 0.481. The zero-order valence-corrected chi connectivity index (χ0v) is 18.6. The summed E-state index contributed by atoms with van der Waals surface area (Å²) in [4.78, 5) is 11.4. The van der Waals surface area contributed by atoms with Crippen molar-refractivity contribution >= 4 is 17.6 Å². The highest BCUT2D eigenvalue weighted by Crippen LogP contribution is 2.31. The van der Waals surface area contributed by atoms with Crippen LogP contribution >= 0.6 is 11.6 Å². The molecule has 0 bridgehead atoms. The maximum Gasteiger partial charge on any atom is 0.339 e. The SMILES string of the molecule is COc1cc(-c2ccc3c(c2)C[C@@H](NC[C@H](O)c2ccc(Cl)cc2)CC3)ccc1C(=O)O. The largest absolute Gasteiger partial charge is 0.496 e. The predicted molar refractivity (Wildman–Crippen MR) is 126 cm³/mol. The number of methoxy groups -OCH3 is 1. The molecule has 3 N–H and O–H groups in total. The van der Waals surface area contributed by atoms with Crippen molar-refractivity contribution in [1.29, 1.82) is 0 Å². The molecule has 1 aliphatic carbocycles. The molecule has 0 unspecified atom stereocenters. The summed E-state index contributed by atoms with van der Waals surface area (Å²) in [6, 6.07) is 19.1. The van der Waals surface area contributed by atoms with Crippen molar-refractivity contribution in [2.45, 2.75) is 31.4 Å². The molecule has 1 aliphatic rings. The molecule has 0 spiro atoms. The Labute approximate surface area is 192 Å². The van der Waals surface area contributed by atoms with Gasteiger partial charge >= 0.3 is 5.97 Å². The number of aliphatic hydroxyl groups excluding tert-OH is 1. The van der Waals surface area contributed by atoms with E-state index in [1.165, 1.54) is 18.2 Å². The van der Waals surface area contributed by atoms with E-state index in [1.807, 2.05) is 18.2 Å². The second-order valence-electron chi connectivity index (χ2n) is 8.12. The Hall–Kier alpha value is -2.86. The van der Waals surface area contributed by atoms with Gasteiger partial charge in [0.25, 0.3) is 0 Å². The molecule has 0 aromatic heterocycles. The van der Waals surface area contributed by atoms with Gasteiger partial charge in [0.1, 0.15) is 11.3 Å². The Morgan fingerprint density at radius 3 is 2.53 bits per heavy atom. The lowest BCUT2D eigenvalue weighted by Crippen LogP contribution is -2.37. The third-order valence-corrected chi connectivity index (χ3v) is 6.31. The molecular formula is C26H26ClNO4. The fourth-order valence-corrected chi connectivity index (χ4v) is 4.37. The standard InChI is InChI=1S/C26H26ClNO4/c1-32-25-14-19(7-11-23(25)26(30)31)18-3-2-16-6-10-22(13-20(16)12-18)28-15-24(29)17-4-8-21(27)9-5-17/h2-5,7-9,11-12,14,22,24,28-29H,6,10,13,15H2,1H3,(H,30,31)/t22-,24-/m0/s1. The van der Waals surface area contributed by atoms with Gasteiger partial charge in [0, 0.05) is 17.6 Å². The molecule has 0 amide bonds. The van der Waals surface area contributed by atoms with E-state index < -0.39 is 12.1 Å². The van der Waals surface area contributed by atoms with Crippen molar-refractivity contribution in [3.05, 3.63) is 87.9 Å². The second-order valence-corrected chi connectivity index (χ2v) is 8.56. The molecular weight excluding hydrogens is 426 g/mol. The number of carbonyl (C=O) groups is 1. The van der Waals surface area contributed by atoms with Crippen LogP contribution in [0.4, 0.5) is 0 Å². The van der Waals surface area contributed by atoms with Crippen molar-refractivity contribution in [2.24, 2.45) is 0 Å². The van der Waals surface area contributed by atoms with E-state index in [9.17, 15) is 15.0 Å². The lowest BCUT2D eigenvalue weighted by atomic mass is 9.86. The van der Waals surface area contributed by atoms with E-state index in [0.717, 1.165) is 36.0 Å². The van der Waals surface area contributed by atoms with E-state index in [0.29, 0.717) is 17.3 Å². The molecule has 3 aromatic rings. The highest BCUT2D eigenvalue weighted by atomic mass is 35.5. The zero-order valence-electron chi connectivity index (χ0n) is 17.8. The predicted octanol–water partition coefficient (Wildman–Crippen LogP) is 4.89. The van der Waals surface area contributed by atoms with Crippen LogP contribution in [0, 0.1) is 0 Å². The third kappa shape index (κ3) is 4.96. The number of rotatable bonds is 7. The van der Waals surface area contributed by atoms with Crippen LogP contribution in [0.5, 0.6) is 5.75 Å². The number of hydrogen-bond acceptors (Lipinski definition) is 4. The van der Waals surface area contributed by atoms with E-state index in [4.69, 9.17) is 16.3 Å². The average molecular weight is 452 g/mol. The number of aromatic carboxylic acids is 1. The lowest BCUT2D eigenvalue weighted by molar-refractivity contribution is 0.0693. The number of carboxylic acids is 1. The number of carboxylic acid groups (broad SMARTS) is 1. The average Bonchev–Trinajstić information content (AvgIpc) is 2.82. The summed E-state index contributed by atoms with van der Waals surface area (Å²) in [5.74, 6) is -0.656. The molecule has 5 nitrogen and oxygen atoms in total. The van der Waals surface area contributed by atoms with Crippen LogP contribution in [0.3, 0.4) is 0 Å². The summed E-state index contributed by atoms with van der Waals surface area (Å²) in [6.07, 6.45) is 2.29. The molecule has 0 radical (unpaired) electrons. The topological polar surface area (TPSA) is 78.8 Å². The van der Waals surface area contributed by atoms with Crippen LogP contribution < -0.4 is 10.1 Å². The van der Waals surface area contributed by atoms with Gasteiger partial charge in [-0.25, -0.2) is 4.79 Å². The first kappa shape index (κ1) is 22.3. The molecule has 3 aromatic carbocycles. The van der Waals surface area contributed by atoms with Gasteiger partial charge < -0.3 is 20.3 Å². The van der Waals surface area contributed by atoms with E-state index in [2.05, 4.69) is 23.5 Å². The molecule has 0 heterocycles. The first-order valence-electron chi connectivity index (χ1n) is 10.6.